The molecule has 2 N–H and O–H groups in total. The fourth-order valence-corrected chi connectivity index (χ4v) is 2.26. The first-order valence-electron chi connectivity index (χ1n) is 6.33. The lowest BCUT2D eigenvalue weighted by molar-refractivity contribution is 0.102. The molecule has 0 saturated carbocycles. The number of carbonyl (C=O) groups excluding carboxylic acids is 1. The first-order chi connectivity index (χ1) is 9.92. The standard InChI is InChI=1S/C15H15BrFN3O/c1-8-4-11(5-9(2)13(8)16)20-15(21)12-6-10(17)7-19-14(12)18-3/h4-7H,1-3H3,(H,18,19)(H,20,21). The maximum absolute atomic E-state index is 13.3. The molecule has 1 aromatic carbocycles. The first kappa shape index (κ1) is 15.4. The van der Waals surface area contributed by atoms with Crippen LogP contribution in [0.2, 0.25) is 0 Å². The first-order valence-corrected chi connectivity index (χ1v) is 7.13. The molecule has 0 aliphatic heterocycles. The molecule has 4 nitrogen and oxygen atoms in total. The molecule has 1 amide bonds. The molecule has 0 radical (unpaired) electrons. The Morgan fingerprint density at radius 3 is 2.43 bits per heavy atom. The molecule has 21 heavy (non-hydrogen) atoms. The molecule has 110 valence electrons. The van der Waals surface area contributed by atoms with Gasteiger partial charge in [-0.2, -0.15) is 0 Å². The summed E-state index contributed by atoms with van der Waals surface area (Å²) in [6.07, 6.45) is 1.07. The van der Waals surface area contributed by atoms with Gasteiger partial charge in [0.15, 0.2) is 0 Å². The number of nitrogens with zero attached hydrogens (tertiary/aromatic N) is 1. The Labute approximate surface area is 130 Å². The van der Waals surface area contributed by atoms with Gasteiger partial charge in [0.1, 0.15) is 11.6 Å². The van der Waals surface area contributed by atoms with E-state index in [1.807, 2.05) is 26.0 Å². The lowest BCUT2D eigenvalue weighted by Gasteiger charge is -2.11. The number of amides is 1. The minimum absolute atomic E-state index is 0.163. The molecule has 0 spiro atoms. The summed E-state index contributed by atoms with van der Waals surface area (Å²) in [7, 11) is 1.63. The fourth-order valence-electron chi connectivity index (χ4n) is 2.03. The van der Waals surface area contributed by atoms with Crippen LogP contribution in [-0.2, 0) is 0 Å². The van der Waals surface area contributed by atoms with Crippen LogP contribution in [0.1, 0.15) is 21.5 Å². The molecule has 6 heteroatoms. The minimum Gasteiger partial charge on any atom is -0.372 e. The van der Waals surface area contributed by atoms with Crippen LogP contribution in [0, 0.1) is 19.7 Å². The van der Waals surface area contributed by atoms with Crippen molar-refractivity contribution in [2.75, 3.05) is 17.7 Å². The number of carbonyl (C=O) groups is 1. The normalized spacial score (nSPS) is 10.3. The predicted octanol–water partition coefficient (Wildman–Crippen LogP) is 3.89. The second-order valence-corrected chi connectivity index (χ2v) is 5.47. The third-order valence-electron chi connectivity index (χ3n) is 3.03. The number of aryl methyl sites for hydroxylation is 2. The summed E-state index contributed by atoms with van der Waals surface area (Å²) < 4.78 is 14.3. The van der Waals surface area contributed by atoms with Gasteiger partial charge in [-0.15, -0.1) is 0 Å². The summed E-state index contributed by atoms with van der Waals surface area (Å²) >= 11 is 3.47. The molecule has 0 aliphatic carbocycles. The summed E-state index contributed by atoms with van der Waals surface area (Å²) in [6, 6.07) is 4.86. The van der Waals surface area contributed by atoms with E-state index in [1.165, 1.54) is 0 Å². The van der Waals surface area contributed by atoms with Crippen molar-refractivity contribution in [2.45, 2.75) is 13.8 Å². The van der Waals surface area contributed by atoms with Crippen molar-refractivity contribution in [2.24, 2.45) is 0 Å². The van der Waals surface area contributed by atoms with Gasteiger partial charge < -0.3 is 10.6 Å². The number of hydrogen-bond donors (Lipinski definition) is 2. The Hall–Kier alpha value is -1.95. The second-order valence-electron chi connectivity index (χ2n) is 4.68. The zero-order valence-corrected chi connectivity index (χ0v) is 13.5. The van der Waals surface area contributed by atoms with Crippen molar-refractivity contribution < 1.29 is 9.18 Å². The maximum atomic E-state index is 13.3. The third-order valence-corrected chi connectivity index (χ3v) is 4.28. The average Bonchev–Trinajstić information content (AvgIpc) is 2.44. The monoisotopic (exact) mass is 351 g/mol. The summed E-state index contributed by atoms with van der Waals surface area (Å²) in [5, 5.41) is 5.54. The van der Waals surface area contributed by atoms with E-state index >= 15 is 0 Å². The van der Waals surface area contributed by atoms with Crippen LogP contribution < -0.4 is 10.6 Å². The van der Waals surface area contributed by atoms with Crippen LogP contribution in [-0.4, -0.2) is 17.9 Å². The number of halogens is 2. The Bertz CT molecular complexity index is 680. The van der Waals surface area contributed by atoms with E-state index in [4.69, 9.17) is 0 Å². The Morgan fingerprint density at radius 1 is 1.24 bits per heavy atom. The van der Waals surface area contributed by atoms with E-state index in [1.54, 1.807) is 7.05 Å². The maximum Gasteiger partial charge on any atom is 0.259 e. The van der Waals surface area contributed by atoms with E-state index in [0.717, 1.165) is 27.9 Å². The summed E-state index contributed by atoms with van der Waals surface area (Å²) in [5.74, 6) is -0.630. The molecular formula is C15H15BrFN3O. The van der Waals surface area contributed by atoms with Crippen molar-refractivity contribution in [1.82, 2.24) is 4.98 Å². The molecular weight excluding hydrogens is 337 g/mol. The van der Waals surface area contributed by atoms with Crippen LogP contribution in [0.4, 0.5) is 15.9 Å². The van der Waals surface area contributed by atoms with E-state index in [9.17, 15) is 9.18 Å². The van der Waals surface area contributed by atoms with E-state index in [-0.39, 0.29) is 5.56 Å². The molecule has 0 aliphatic rings. The zero-order valence-electron chi connectivity index (χ0n) is 11.9. The number of benzene rings is 1. The molecule has 0 unspecified atom stereocenters. The van der Waals surface area contributed by atoms with Gasteiger partial charge in [-0.1, -0.05) is 15.9 Å². The van der Waals surface area contributed by atoms with E-state index in [2.05, 4.69) is 31.5 Å². The molecule has 0 bridgehead atoms. The third kappa shape index (κ3) is 3.39. The van der Waals surface area contributed by atoms with Gasteiger partial charge in [-0.05, 0) is 43.2 Å². The number of nitrogens with one attached hydrogen (secondary N) is 2. The van der Waals surface area contributed by atoms with Gasteiger partial charge in [-0.3, -0.25) is 4.79 Å². The lowest BCUT2D eigenvalue weighted by atomic mass is 10.1. The molecule has 1 heterocycles. The number of hydrogen-bond acceptors (Lipinski definition) is 3. The number of anilines is 2. The van der Waals surface area contributed by atoms with Crippen molar-refractivity contribution >= 4 is 33.3 Å². The topological polar surface area (TPSA) is 54.0 Å². The quantitative estimate of drug-likeness (QED) is 0.881. The van der Waals surface area contributed by atoms with Gasteiger partial charge in [0.05, 0.1) is 11.8 Å². The minimum atomic E-state index is -0.553. The van der Waals surface area contributed by atoms with Gasteiger partial charge in [0, 0.05) is 17.2 Å². The summed E-state index contributed by atoms with van der Waals surface area (Å²) in [5.41, 5.74) is 2.84. The summed E-state index contributed by atoms with van der Waals surface area (Å²) in [6.45, 7) is 3.88. The molecule has 2 rings (SSSR count). The number of rotatable bonds is 3. The van der Waals surface area contributed by atoms with Crippen LogP contribution >= 0.6 is 15.9 Å². The van der Waals surface area contributed by atoms with Crippen molar-refractivity contribution in [1.29, 1.82) is 0 Å². The Kier molecular flexibility index (Phi) is 4.57. The van der Waals surface area contributed by atoms with Crippen molar-refractivity contribution in [3.05, 3.63) is 51.4 Å². The smallest absolute Gasteiger partial charge is 0.259 e. The largest absolute Gasteiger partial charge is 0.372 e. The van der Waals surface area contributed by atoms with Crippen molar-refractivity contribution in [3.8, 4) is 0 Å². The predicted molar refractivity (Wildman–Crippen MR) is 85.3 cm³/mol. The molecule has 0 atom stereocenters. The van der Waals surface area contributed by atoms with Gasteiger partial charge >= 0.3 is 0 Å². The lowest BCUT2D eigenvalue weighted by Crippen LogP contribution is -2.15. The highest BCUT2D eigenvalue weighted by molar-refractivity contribution is 9.10. The Morgan fingerprint density at radius 2 is 1.86 bits per heavy atom. The Balaban J connectivity index is 2.32. The molecule has 1 aromatic heterocycles. The van der Waals surface area contributed by atoms with Gasteiger partial charge in [0.25, 0.3) is 5.91 Å². The van der Waals surface area contributed by atoms with Gasteiger partial charge in [-0.25, -0.2) is 9.37 Å². The molecule has 0 saturated heterocycles. The van der Waals surface area contributed by atoms with Crippen LogP contribution in [0.25, 0.3) is 0 Å². The van der Waals surface area contributed by atoms with Crippen LogP contribution in [0.3, 0.4) is 0 Å². The molecule has 2 aromatic rings. The average molecular weight is 352 g/mol. The highest BCUT2D eigenvalue weighted by atomic mass is 79.9. The molecule has 0 fully saturated rings. The highest BCUT2D eigenvalue weighted by Crippen LogP contribution is 2.25. The van der Waals surface area contributed by atoms with Crippen molar-refractivity contribution in [3.63, 3.8) is 0 Å². The second kappa shape index (κ2) is 6.22. The number of pyridine rings is 1. The number of aromatic nitrogens is 1. The fraction of sp³-hybridized carbons (Fsp3) is 0.200. The van der Waals surface area contributed by atoms with E-state index < -0.39 is 11.7 Å². The zero-order chi connectivity index (χ0) is 15.6. The highest BCUT2D eigenvalue weighted by Gasteiger charge is 2.14. The van der Waals surface area contributed by atoms with E-state index in [0.29, 0.717) is 11.5 Å². The van der Waals surface area contributed by atoms with Gasteiger partial charge in [0.2, 0.25) is 0 Å². The SMILES string of the molecule is CNc1ncc(F)cc1C(=O)Nc1cc(C)c(Br)c(C)c1. The van der Waals surface area contributed by atoms with Crippen LogP contribution in [0.5, 0.6) is 0 Å². The van der Waals surface area contributed by atoms with Crippen LogP contribution in [0.15, 0.2) is 28.9 Å². The summed E-state index contributed by atoms with van der Waals surface area (Å²) in [4.78, 5) is 16.1.